The van der Waals surface area contributed by atoms with Gasteiger partial charge in [0.15, 0.2) is 0 Å². The van der Waals surface area contributed by atoms with E-state index in [0.29, 0.717) is 10.7 Å². The van der Waals surface area contributed by atoms with Crippen LogP contribution in [-0.2, 0) is 10.0 Å². The molecule has 0 atom stereocenters. The van der Waals surface area contributed by atoms with E-state index in [2.05, 4.69) is 9.71 Å². The van der Waals surface area contributed by atoms with Gasteiger partial charge < -0.3 is 14.3 Å². The summed E-state index contributed by atoms with van der Waals surface area (Å²) in [5, 5.41) is 1.17. The summed E-state index contributed by atoms with van der Waals surface area (Å²) in [6.45, 7) is 0. The Morgan fingerprint density at radius 2 is 2.04 bits per heavy atom. The van der Waals surface area contributed by atoms with Crippen molar-refractivity contribution in [2.24, 2.45) is 0 Å². The molecule has 0 saturated heterocycles. The molecule has 120 valence electrons. The number of rotatable bonds is 5. The molecule has 0 aliphatic rings. The van der Waals surface area contributed by atoms with E-state index in [4.69, 9.17) is 16.3 Å². The minimum Gasteiger partial charge on any atom is -0.538 e. The zero-order chi connectivity index (χ0) is 16.9. The monoisotopic (exact) mass is 374 g/mol. The van der Waals surface area contributed by atoms with Crippen LogP contribution in [0.3, 0.4) is 0 Å². The molecule has 24 heavy (non-hydrogen) atoms. The number of hydrogen-bond donors (Lipinski definition) is 0. The van der Waals surface area contributed by atoms with E-state index in [1.165, 1.54) is 37.6 Å². The fraction of sp³-hybridized carbons (Fsp3) is 0.0667. The smallest absolute Gasteiger partial charge is 0.538 e. The van der Waals surface area contributed by atoms with Crippen LogP contribution < -0.4 is 34.3 Å². The van der Waals surface area contributed by atoms with Crippen LogP contribution in [0.25, 0.3) is 10.8 Å². The summed E-state index contributed by atoms with van der Waals surface area (Å²) in [4.78, 5) is 16.0. The summed E-state index contributed by atoms with van der Waals surface area (Å²) >= 11 is 5.79. The second kappa shape index (κ2) is 9.19. The van der Waals surface area contributed by atoms with Crippen LogP contribution in [0.15, 0.2) is 48.0 Å². The van der Waals surface area contributed by atoms with E-state index in [1.54, 1.807) is 18.2 Å². The number of aromatic nitrogens is 1. The number of hydrogen-bond acceptors (Lipinski definition) is 5. The first-order valence-electron chi connectivity index (χ1n) is 6.36. The van der Waals surface area contributed by atoms with Crippen molar-refractivity contribution in [2.45, 2.75) is 0 Å². The standard InChI is InChI=1S/C15H13ClN2O4S.Na/c1-22-14-10-11(16)5-6-13(14)15(19)18-23(20,21)9-7-12-4-2-3-8-17-12;/h2-10H,1H3,(H,18,19);/q;+1/p-1/b9-7+;. The second-order valence-corrected chi connectivity index (χ2v) is 6.23. The van der Waals surface area contributed by atoms with E-state index in [1.807, 2.05) is 0 Å². The molecule has 1 heterocycles. The van der Waals surface area contributed by atoms with E-state index < -0.39 is 15.9 Å². The Morgan fingerprint density at radius 3 is 2.67 bits per heavy atom. The quantitative estimate of drug-likeness (QED) is 0.701. The number of sulfonamides is 1. The van der Waals surface area contributed by atoms with Gasteiger partial charge in [0.25, 0.3) is 0 Å². The molecule has 0 radical (unpaired) electrons. The van der Waals surface area contributed by atoms with Gasteiger partial charge in [0.2, 0.25) is 0 Å². The van der Waals surface area contributed by atoms with Gasteiger partial charge in [-0.05, 0) is 36.4 Å². The van der Waals surface area contributed by atoms with E-state index in [-0.39, 0.29) is 40.9 Å². The van der Waals surface area contributed by atoms with Crippen molar-refractivity contribution in [1.29, 1.82) is 0 Å². The molecule has 0 spiro atoms. The number of methoxy groups -OCH3 is 1. The van der Waals surface area contributed by atoms with Crippen molar-refractivity contribution in [3.63, 3.8) is 0 Å². The van der Waals surface area contributed by atoms with Gasteiger partial charge in [0, 0.05) is 22.2 Å². The molecule has 2 rings (SSSR count). The van der Waals surface area contributed by atoms with Gasteiger partial charge >= 0.3 is 29.6 Å². The number of nitrogens with zero attached hydrogens (tertiary/aromatic N) is 2. The first kappa shape index (κ1) is 20.7. The van der Waals surface area contributed by atoms with Crippen molar-refractivity contribution < 1.29 is 47.5 Å². The molecular formula is C15H12ClN2NaO4S. The predicted molar refractivity (Wildman–Crippen MR) is 87.9 cm³/mol. The first-order valence-corrected chi connectivity index (χ1v) is 8.24. The third-order valence-electron chi connectivity index (χ3n) is 2.70. The van der Waals surface area contributed by atoms with Crippen molar-refractivity contribution in [3.05, 3.63) is 69.0 Å². The van der Waals surface area contributed by atoms with Gasteiger partial charge in [0.1, 0.15) is 15.8 Å². The molecule has 0 aliphatic heterocycles. The number of amides is 1. The third-order valence-corrected chi connectivity index (χ3v) is 3.84. The summed E-state index contributed by atoms with van der Waals surface area (Å²) in [7, 11) is -2.75. The van der Waals surface area contributed by atoms with Gasteiger partial charge in [-0.3, -0.25) is 4.98 Å². The van der Waals surface area contributed by atoms with Crippen LogP contribution in [0.2, 0.25) is 5.02 Å². The average molecular weight is 375 g/mol. The largest absolute Gasteiger partial charge is 1.00 e. The average Bonchev–Trinajstić information content (AvgIpc) is 2.53. The van der Waals surface area contributed by atoms with Crippen LogP contribution in [0.1, 0.15) is 16.1 Å². The molecule has 0 saturated carbocycles. The molecule has 0 unspecified atom stereocenters. The Kier molecular flexibility index (Phi) is 7.92. The maximum absolute atomic E-state index is 12.0. The number of carbonyl (C=O) groups is 1. The SMILES string of the molecule is COc1cc(Cl)ccc1C(=O)[N-]S(=O)(=O)/C=C/c1ccccn1.[Na+]. The molecule has 1 aromatic carbocycles. The molecule has 0 fully saturated rings. The summed E-state index contributed by atoms with van der Waals surface area (Å²) < 4.78 is 32.0. The van der Waals surface area contributed by atoms with E-state index in [0.717, 1.165) is 5.41 Å². The Hall–Kier alpha value is -1.38. The molecule has 9 heteroatoms. The van der Waals surface area contributed by atoms with Crippen LogP contribution in [0.5, 0.6) is 5.75 Å². The van der Waals surface area contributed by atoms with Gasteiger partial charge in [-0.25, -0.2) is 8.42 Å². The van der Waals surface area contributed by atoms with Gasteiger partial charge in [0.05, 0.1) is 18.7 Å². The van der Waals surface area contributed by atoms with Gasteiger partial charge in [-0.15, -0.1) is 0 Å². The zero-order valence-corrected chi connectivity index (χ0v) is 16.6. The van der Waals surface area contributed by atoms with E-state index >= 15 is 0 Å². The van der Waals surface area contributed by atoms with Crippen molar-refractivity contribution in [2.75, 3.05) is 7.11 Å². The molecule has 2 aromatic rings. The molecule has 6 nitrogen and oxygen atoms in total. The predicted octanol–water partition coefficient (Wildman–Crippen LogP) is 0.262. The van der Waals surface area contributed by atoms with Crippen molar-refractivity contribution >= 4 is 33.6 Å². The minimum absolute atomic E-state index is 0. The number of halogens is 1. The molecule has 1 aromatic heterocycles. The molecule has 1 amide bonds. The fourth-order valence-electron chi connectivity index (χ4n) is 1.67. The summed E-state index contributed by atoms with van der Waals surface area (Å²) in [5.74, 6) is -0.792. The van der Waals surface area contributed by atoms with Crippen molar-refractivity contribution in [1.82, 2.24) is 4.98 Å². The number of carbonyl (C=O) groups excluding carboxylic acids is 1. The van der Waals surface area contributed by atoms with Crippen LogP contribution in [0.4, 0.5) is 0 Å². The summed E-state index contributed by atoms with van der Waals surface area (Å²) in [6, 6.07) is 9.23. The topological polar surface area (TPSA) is 87.4 Å². The summed E-state index contributed by atoms with van der Waals surface area (Å²) in [5.41, 5.74) is 0.439. The second-order valence-electron chi connectivity index (χ2n) is 4.31. The normalized spacial score (nSPS) is 10.9. The molecule has 0 bridgehead atoms. The van der Waals surface area contributed by atoms with Crippen LogP contribution in [-0.4, -0.2) is 26.4 Å². The van der Waals surface area contributed by atoms with E-state index in [9.17, 15) is 13.2 Å². The summed E-state index contributed by atoms with van der Waals surface area (Å²) in [6.07, 6.45) is 2.78. The molecule has 0 aliphatic carbocycles. The number of ether oxygens (including phenoxy) is 1. The fourth-order valence-corrected chi connectivity index (χ4v) is 2.53. The van der Waals surface area contributed by atoms with Gasteiger partial charge in [-0.2, -0.15) is 0 Å². The number of pyridine rings is 1. The van der Waals surface area contributed by atoms with Crippen LogP contribution in [0, 0.1) is 0 Å². The Balaban J connectivity index is 0.00000288. The Bertz CT molecular complexity index is 842. The minimum atomic E-state index is -4.10. The third kappa shape index (κ3) is 5.92. The van der Waals surface area contributed by atoms with Gasteiger partial charge in [-0.1, -0.05) is 17.7 Å². The number of benzene rings is 1. The zero-order valence-electron chi connectivity index (χ0n) is 13.0. The Labute approximate surface area is 167 Å². The van der Waals surface area contributed by atoms with Crippen molar-refractivity contribution in [3.8, 4) is 5.75 Å². The maximum Gasteiger partial charge on any atom is 1.00 e. The Morgan fingerprint density at radius 1 is 1.29 bits per heavy atom. The van der Waals surface area contributed by atoms with Crippen LogP contribution >= 0.6 is 11.6 Å². The molecule has 0 N–H and O–H groups in total. The molecular weight excluding hydrogens is 363 g/mol. The maximum atomic E-state index is 12.0. The first-order chi connectivity index (χ1) is 10.9.